The van der Waals surface area contributed by atoms with Crippen molar-refractivity contribution in [2.24, 2.45) is 5.84 Å². The number of benzene rings is 1. The number of aryl methyl sites for hydroxylation is 1. The van der Waals surface area contributed by atoms with Gasteiger partial charge in [-0.25, -0.2) is 4.39 Å². The number of nitrogens with two attached hydrogens (primary N) is 1. The Balaban J connectivity index is 3.21. The first-order valence-corrected chi connectivity index (χ1v) is 3.45. The Morgan fingerprint density at radius 3 is 2.73 bits per heavy atom. The first kappa shape index (κ1) is 8.30. The molecule has 3 N–H and O–H groups in total. The summed E-state index contributed by atoms with van der Waals surface area (Å²) in [6.07, 6.45) is 0. The lowest BCUT2D eigenvalue weighted by Gasteiger charge is -2.04. The van der Waals surface area contributed by atoms with Gasteiger partial charge in [0.25, 0.3) is 0 Å². The van der Waals surface area contributed by atoms with E-state index in [1.165, 1.54) is 12.1 Å². The lowest BCUT2D eigenvalue weighted by atomic mass is 10.2. The summed E-state index contributed by atoms with van der Waals surface area (Å²) in [7, 11) is 0. The monoisotopic (exact) mass is 174 g/mol. The van der Waals surface area contributed by atoms with Gasteiger partial charge in [0.05, 0.1) is 10.7 Å². The van der Waals surface area contributed by atoms with Gasteiger partial charge in [0.1, 0.15) is 5.82 Å². The van der Waals surface area contributed by atoms with Crippen molar-refractivity contribution in [1.82, 2.24) is 0 Å². The third kappa shape index (κ3) is 1.61. The number of hydrogen-bond donors (Lipinski definition) is 2. The van der Waals surface area contributed by atoms with Gasteiger partial charge in [-0.05, 0) is 18.6 Å². The molecule has 0 spiro atoms. The minimum absolute atomic E-state index is 0.317. The summed E-state index contributed by atoms with van der Waals surface area (Å²) >= 11 is 5.69. The van der Waals surface area contributed by atoms with Gasteiger partial charge in [0.15, 0.2) is 0 Å². The summed E-state index contributed by atoms with van der Waals surface area (Å²) in [4.78, 5) is 0. The predicted molar refractivity (Wildman–Crippen MR) is 44.0 cm³/mol. The summed E-state index contributed by atoms with van der Waals surface area (Å²) < 4.78 is 12.8. The highest BCUT2D eigenvalue weighted by Gasteiger charge is 2.03. The maximum Gasteiger partial charge on any atom is 0.128 e. The van der Waals surface area contributed by atoms with E-state index in [0.29, 0.717) is 16.3 Å². The van der Waals surface area contributed by atoms with Gasteiger partial charge in [-0.15, -0.1) is 0 Å². The molecule has 1 aromatic rings. The molecule has 0 heterocycles. The Labute approximate surface area is 69.1 Å². The molecule has 0 aliphatic rings. The quantitative estimate of drug-likeness (QED) is 0.505. The van der Waals surface area contributed by atoms with Gasteiger partial charge in [-0.1, -0.05) is 11.6 Å². The van der Waals surface area contributed by atoms with Crippen LogP contribution in [0.5, 0.6) is 0 Å². The van der Waals surface area contributed by atoms with Crippen LogP contribution in [0, 0.1) is 12.7 Å². The van der Waals surface area contributed by atoms with Crippen LogP contribution in [0.2, 0.25) is 5.02 Å². The van der Waals surface area contributed by atoms with Crippen molar-refractivity contribution < 1.29 is 4.39 Å². The molecule has 2 nitrogen and oxygen atoms in total. The minimum Gasteiger partial charge on any atom is -0.323 e. The molecule has 4 heteroatoms. The Morgan fingerprint density at radius 2 is 2.18 bits per heavy atom. The molecule has 0 unspecified atom stereocenters. The zero-order chi connectivity index (χ0) is 8.43. The summed E-state index contributed by atoms with van der Waals surface area (Å²) in [6, 6.07) is 2.78. The van der Waals surface area contributed by atoms with Crippen LogP contribution in [-0.4, -0.2) is 0 Å². The van der Waals surface area contributed by atoms with Crippen molar-refractivity contribution in [2.45, 2.75) is 6.92 Å². The molecular weight excluding hydrogens is 167 g/mol. The van der Waals surface area contributed by atoms with E-state index in [4.69, 9.17) is 17.4 Å². The summed E-state index contributed by atoms with van der Waals surface area (Å²) in [5.41, 5.74) is 3.20. The highest BCUT2D eigenvalue weighted by atomic mass is 35.5. The molecule has 0 atom stereocenters. The molecule has 0 bridgehead atoms. The molecule has 0 amide bonds. The predicted octanol–water partition coefficient (Wildman–Crippen LogP) is 2.07. The minimum atomic E-state index is -0.317. The molecule has 0 fully saturated rings. The lowest BCUT2D eigenvalue weighted by molar-refractivity contribution is 0.619. The van der Waals surface area contributed by atoms with Crippen molar-refractivity contribution in [3.63, 3.8) is 0 Å². The first-order valence-electron chi connectivity index (χ1n) is 3.07. The Kier molecular flexibility index (Phi) is 2.31. The third-order valence-electron chi connectivity index (χ3n) is 1.40. The van der Waals surface area contributed by atoms with Gasteiger partial charge < -0.3 is 5.43 Å². The van der Waals surface area contributed by atoms with Crippen LogP contribution < -0.4 is 11.3 Å². The van der Waals surface area contributed by atoms with Crippen LogP contribution >= 0.6 is 11.6 Å². The van der Waals surface area contributed by atoms with E-state index in [0.717, 1.165) is 0 Å². The molecule has 1 rings (SSSR count). The number of hydrogen-bond acceptors (Lipinski definition) is 2. The average molecular weight is 175 g/mol. The molecule has 0 saturated heterocycles. The molecule has 0 radical (unpaired) electrons. The molecular formula is C7H8ClFN2. The van der Waals surface area contributed by atoms with E-state index >= 15 is 0 Å². The second-order valence-electron chi connectivity index (χ2n) is 2.23. The van der Waals surface area contributed by atoms with E-state index < -0.39 is 0 Å². The summed E-state index contributed by atoms with van der Waals surface area (Å²) in [6.45, 7) is 1.64. The van der Waals surface area contributed by atoms with Gasteiger partial charge in [0, 0.05) is 6.07 Å². The number of nitrogen functional groups attached to an aromatic ring is 1. The largest absolute Gasteiger partial charge is 0.323 e. The fraction of sp³-hybridized carbons (Fsp3) is 0.143. The van der Waals surface area contributed by atoms with Gasteiger partial charge in [-0.2, -0.15) is 0 Å². The normalized spacial score (nSPS) is 9.82. The second kappa shape index (κ2) is 3.07. The summed E-state index contributed by atoms with van der Waals surface area (Å²) in [5, 5.41) is 0.423. The fourth-order valence-electron chi connectivity index (χ4n) is 0.757. The Morgan fingerprint density at radius 1 is 1.55 bits per heavy atom. The van der Waals surface area contributed by atoms with E-state index in [2.05, 4.69) is 5.43 Å². The van der Waals surface area contributed by atoms with Crippen LogP contribution in [0.3, 0.4) is 0 Å². The highest BCUT2D eigenvalue weighted by molar-refractivity contribution is 6.33. The number of halogens is 2. The Hall–Kier alpha value is -0.800. The number of anilines is 1. The van der Waals surface area contributed by atoms with Crippen LogP contribution in [0.1, 0.15) is 5.56 Å². The molecule has 11 heavy (non-hydrogen) atoms. The molecule has 0 aromatic heterocycles. The van der Waals surface area contributed by atoms with Gasteiger partial charge >= 0.3 is 0 Å². The maximum absolute atomic E-state index is 12.8. The smallest absolute Gasteiger partial charge is 0.128 e. The average Bonchev–Trinajstić information content (AvgIpc) is 1.97. The molecule has 1 aromatic carbocycles. The topological polar surface area (TPSA) is 38.0 Å². The van der Waals surface area contributed by atoms with E-state index in [-0.39, 0.29) is 5.82 Å². The van der Waals surface area contributed by atoms with E-state index in [1.807, 2.05) is 0 Å². The van der Waals surface area contributed by atoms with E-state index in [9.17, 15) is 4.39 Å². The van der Waals surface area contributed by atoms with Crippen LogP contribution in [0.4, 0.5) is 10.1 Å². The van der Waals surface area contributed by atoms with Crippen molar-refractivity contribution in [2.75, 3.05) is 5.43 Å². The zero-order valence-corrected chi connectivity index (χ0v) is 6.74. The molecule has 0 saturated carbocycles. The van der Waals surface area contributed by atoms with Crippen LogP contribution in [-0.2, 0) is 0 Å². The zero-order valence-electron chi connectivity index (χ0n) is 5.99. The van der Waals surface area contributed by atoms with E-state index in [1.54, 1.807) is 6.92 Å². The van der Waals surface area contributed by atoms with Gasteiger partial charge in [-0.3, -0.25) is 5.84 Å². The van der Waals surface area contributed by atoms with Crippen LogP contribution in [0.25, 0.3) is 0 Å². The number of rotatable bonds is 1. The van der Waals surface area contributed by atoms with Crippen molar-refractivity contribution in [3.8, 4) is 0 Å². The van der Waals surface area contributed by atoms with Crippen molar-refractivity contribution in [3.05, 3.63) is 28.5 Å². The molecule has 60 valence electrons. The van der Waals surface area contributed by atoms with Crippen molar-refractivity contribution >= 4 is 17.3 Å². The highest BCUT2D eigenvalue weighted by Crippen LogP contribution is 2.23. The standard InChI is InChI=1S/C7H8ClFN2/c1-4-2-5(8)7(11-10)3-6(4)9/h2-3,11H,10H2,1H3. The SMILES string of the molecule is Cc1cc(Cl)c(NN)cc1F. The maximum atomic E-state index is 12.8. The van der Waals surface area contributed by atoms with Crippen molar-refractivity contribution in [1.29, 1.82) is 0 Å². The third-order valence-corrected chi connectivity index (χ3v) is 1.72. The summed E-state index contributed by atoms with van der Waals surface area (Å²) in [5.74, 6) is 4.75. The van der Waals surface area contributed by atoms with Gasteiger partial charge in [0.2, 0.25) is 0 Å². The lowest BCUT2D eigenvalue weighted by Crippen LogP contribution is -2.07. The fourth-order valence-corrected chi connectivity index (χ4v) is 1.03. The second-order valence-corrected chi connectivity index (χ2v) is 2.63. The van der Waals surface area contributed by atoms with Crippen LogP contribution in [0.15, 0.2) is 12.1 Å². The molecule has 0 aliphatic carbocycles. The number of hydrazine groups is 1. The first-order chi connectivity index (χ1) is 5.15. The molecule has 0 aliphatic heterocycles. The number of nitrogens with one attached hydrogen (secondary N) is 1. The Bertz CT molecular complexity index is 275.